The van der Waals surface area contributed by atoms with Crippen LogP contribution in [0.5, 0.6) is 0 Å². The highest BCUT2D eigenvalue weighted by Crippen LogP contribution is 2.22. The minimum Gasteiger partial charge on any atom is -0.350 e. The molecule has 0 aliphatic carbocycles. The second kappa shape index (κ2) is 4.88. The molecule has 0 saturated heterocycles. The van der Waals surface area contributed by atoms with Crippen molar-refractivity contribution in [1.29, 1.82) is 0 Å². The van der Waals surface area contributed by atoms with E-state index < -0.39 is 6.03 Å². The Kier molecular flexibility index (Phi) is 3.78. The fourth-order valence-electron chi connectivity index (χ4n) is 0.721. The van der Waals surface area contributed by atoms with Gasteiger partial charge in [-0.1, -0.05) is 0 Å². The van der Waals surface area contributed by atoms with E-state index in [1.807, 2.05) is 17.0 Å². The average Bonchev–Trinajstić information content (AvgIpc) is 2.51. The van der Waals surface area contributed by atoms with E-state index in [1.165, 1.54) is 0 Å². The molecule has 0 atom stereocenters. The molecule has 0 aliphatic heterocycles. The summed E-state index contributed by atoms with van der Waals surface area (Å²) in [5, 5.41) is 7.65. The van der Waals surface area contributed by atoms with Crippen molar-refractivity contribution < 1.29 is 4.79 Å². The van der Waals surface area contributed by atoms with Gasteiger partial charge in [0.15, 0.2) is 0 Å². The number of thioether (sulfide) groups is 1. The van der Waals surface area contributed by atoms with Gasteiger partial charge in [-0.05, 0) is 6.26 Å². The number of hydrogen-bond donors (Lipinski definition) is 2. The predicted molar refractivity (Wildman–Crippen MR) is 56.4 cm³/mol. The van der Waals surface area contributed by atoms with E-state index in [9.17, 15) is 4.79 Å². The quantitative estimate of drug-likeness (QED) is 0.455. The number of carbonyl (C=O) groups excluding carboxylic acids is 1. The second-order valence-electron chi connectivity index (χ2n) is 2.13. The van der Waals surface area contributed by atoms with E-state index in [0.29, 0.717) is 0 Å². The number of thiophene rings is 1. The Morgan fingerprint density at radius 3 is 3.15 bits per heavy atom. The molecule has 0 fully saturated rings. The van der Waals surface area contributed by atoms with Crippen molar-refractivity contribution in [2.24, 2.45) is 10.8 Å². The molecule has 70 valence electrons. The average molecular weight is 215 g/mol. The third kappa shape index (κ3) is 3.08. The summed E-state index contributed by atoms with van der Waals surface area (Å²) in [7, 11) is 0. The Hall–Kier alpha value is -1.01. The third-order valence-corrected chi connectivity index (χ3v) is 2.96. The normalized spacial score (nSPS) is 10.5. The zero-order chi connectivity index (χ0) is 9.68. The van der Waals surface area contributed by atoms with Crippen molar-refractivity contribution in [1.82, 2.24) is 5.43 Å². The van der Waals surface area contributed by atoms with Gasteiger partial charge in [0.25, 0.3) is 0 Å². The molecule has 0 aromatic carbocycles. The highest BCUT2D eigenvalue weighted by molar-refractivity contribution is 7.98. The zero-order valence-corrected chi connectivity index (χ0v) is 8.61. The first kappa shape index (κ1) is 10.1. The molecular formula is C7H9N3OS2. The molecule has 1 heterocycles. The van der Waals surface area contributed by atoms with Gasteiger partial charge in [-0.2, -0.15) is 16.4 Å². The highest BCUT2D eigenvalue weighted by Gasteiger charge is 1.98. The number of hydrogen-bond acceptors (Lipinski definition) is 4. The van der Waals surface area contributed by atoms with Crippen LogP contribution in [-0.2, 0) is 0 Å². The van der Waals surface area contributed by atoms with E-state index in [0.717, 1.165) is 10.5 Å². The molecule has 2 amide bonds. The molecule has 0 aliphatic rings. The Morgan fingerprint density at radius 1 is 1.77 bits per heavy atom. The maximum Gasteiger partial charge on any atom is 0.332 e. The van der Waals surface area contributed by atoms with Crippen LogP contribution >= 0.6 is 23.1 Å². The molecule has 4 nitrogen and oxygen atoms in total. The topological polar surface area (TPSA) is 67.5 Å². The van der Waals surface area contributed by atoms with Crippen LogP contribution in [0.1, 0.15) is 5.56 Å². The lowest BCUT2D eigenvalue weighted by Crippen LogP contribution is -2.24. The van der Waals surface area contributed by atoms with E-state index in [4.69, 9.17) is 5.73 Å². The van der Waals surface area contributed by atoms with Gasteiger partial charge in [-0.25, -0.2) is 10.2 Å². The molecule has 0 unspecified atom stereocenters. The van der Waals surface area contributed by atoms with Crippen molar-refractivity contribution in [3.8, 4) is 0 Å². The fourth-order valence-corrected chi connectivity index (χ4v) is 2.36. The van der Waals surface area contributed by atoms with Crippen LogP contribution in [0.25, 0.3) is 0 Å². The van der Waals surface area contributed by atoms with Crippen molar-refractivity contribution in [2.75, 3.05) is 6.26 Å². The summed E-state index contributed by atoms with van der Waals surface area (Å²) in [6.45, 7) is 0. The minimum atomic E-state index is -0.655. The monoisotopic (exact) mass is 215 g/mol. The van der Waals surface area contributed by atoms with Crippen molar-refractivity contribution in [2.45, 2.75) is 4.90 Å². The van der Waals surface area contributed by atoms with Crippen LogP contribution in [0.4, 0.5) is 4.79 Å². The molecule has 3 N–H and O–H groups in total. The summed E-state index contributed by atoms with van der Waals surface area (Å²) in [5.41, 5.74) is 7.97. The predicted octanol–water partition coefficient (Wildman–Crippen LogP) is 1.47. The molecule has 0 radical (unpaired) electrons. The lowest BCUT2D eigenvalue weighted by Gasteiger charge is -1.93. The van der Waals surface area contributed by atoms with E-state index in [1.54, 1.807) is 29.3 Å². The van der Waals surface area contributed by atoms with Crippen LogP contribution in [0.2, 0.25) is 0 Å². The fraction of sp³-hybridized carbons (Fsp3) is 0.143. The van der Waals surface area contributed by atoms with Crippen molar-refractivity contribution in [3.05, 3.63) is 16.3 Å². The number of carbonyl (C=O) groups is 1. The van der Waals surface area contributed by atoms with Gasteiger partial charge in [0.2, 0.25) is 0 Å². The highest BCUT2D eigenvalue weighted by atomic mass is 32.2. The number of hydrazone groups is 1. The molecule has 1 aromatic heterocycles. The Morgan fingerprint density at radius 2 is 2.54 bits per heavy atom. The summed E-state index contributed by atoms with van der Waals surface area (Å²) < 4.78 is 0. The van der Waals surface area contributed by atoms with E-state index in [2.05, 4.69) is 10.5 Å². The van der Waals surface area contributed by atoms with Gasteiger partial charge < -0.3 is 5.73 Å². The minimum absolute atomic E-state index is 0.655. The van der Waals surface area contributed by atoms with Gasteiger partial charge in [-0.15, -0.1) is 11.8 Å². The number of rotatable bonds is 3. The van der Waals surface area contributed by atoms with Gasteiger partial charge in [0, 0.05) is 21.2 Å². The molecular weight excluding hydrogens is 206 g/mol. The molecule has 1 aromatic rings. The molecule has 6 heteroatoms. The van der Waals surface area contributed by atoms with Gasteiger partial charge in [-0.3, -0.25) is 0 Å². The SMILES string of the molecule is CSc1cscc1C=NNC(N)=O. The Bertz CT molecular complexity index is 321. The summed E-state index contributed by atoms with van der Waals surface area (Å²) in [6, 6.07) is -0.655. The summed E-state index contributed by atoms with van der Waals surface area (Å²) in [4.78, 5) is 11.4. The zero-order valence-electron chi connectivity index (χ0n) is 6.98. The maximum absolute atomic E-state index is 10.3. The molecule has 13 heavy (non-hydrogen) atoms. The van der Waals surface area contributed by atoms with Crippen molar-refractivity contribution in [3.63, 3.8) is 0 Å². The van der Waals surface area contributed by atoms with Gasteiger partial charge in [0.1, 0.15) is 0 Å². The summed E-state index contributed by atoms with van der Waals surface area (Å²) >= 11 is 3.23. The smallest absolute Gasteiger partial charge is 0.332 e. The van der Waals surface area contributed by atoms with Crippen LogP contribution in [-0.4, -0.2) is 18.5 Å². The second-order valence-corrected chi connectivity index (χ2v) is 3.72. The lowest BCUT2D eigenvalue weighted by molar-refractivity contribution is 0.249. The first-order valence-electron chi connectivity index (χ1n) is 3.42. The number of primary amides is 1. The van der Waals surface area contributed by atoms with Crippen molar-refractivity contribution >= 4 is 35.3 Å². The van der Waals surface area contributed by atoms with Crippen LogP contribution in [0.3, 0.4) is 0 Å². The van der Waals surface area contributed by atoms with Crippen LogP contribution < -0.4 is 11.2 Å². The number of nitrogens with one attached hydrogen (secondary N) is 1. The first-order valence-corrected chi connectivity index (χ1v) is 5.59. The van der Waals surface area contributed by atoms with E-state index in [-0.39, 0.29) is 0 Å². The number of urea groups is 1. The molecule has 0 bridgehead atoms. The van der Waals surface area contributed by atoms with Gasteiger partial charge >= 0.3 is 6.03 Å². The van der Waals surface area contributed by atoms with E-state index >= 15 is 0 Å². The Labute approximate surface area is 84.2 Å². The Balaban J connectivity index is 2.62. The summed E-state index contributed by atoms with van der Waals surface area (Å²) in [5.74, 6) is 0. The number of nitrogens with zero attached hydrogens (tertiary/aromatic N) is 1. The third-order valence-electron chi connectivity index (χ3n) is 1.25. The first-order chi connectivity index (χ1) is 6.24. The van der Waals surface area contributed by atoms with Crippen LogP contribution in [0.15, 0.2) is 20.8 Å². The largest absolute Gasteiger partial charge is 0.350 e. The number of amides is 2. The standard InChI is InChI=1S/C7H9N3OS2/c1-12-6-4-13-3-5(6)2-9-10-7(8)11/h2-4H,1H3,(H3,8,10,11). The van der Waals surface area contributed by atoms with Crippen LogP contribution in [0, 0.1) is 0 Å². The number of nitrogens with two attached hydrogens (primary N) is 1. The lowest BCUT2D eigenvalue weighted by atomic mass is 10.4. The van der Waals surface area contributed by atoms with Gasteiger partial charge in [0.05, 0.1) is 6.21 Å². The molecule has 1 rings (SSSR count). The molecule has 0 saturated carbocycles. The molecule has 0 spiro atoms. The maximum atomic E-state index is 10.3. The summed E-state index contributed by atoms with van der Waals surface area (Å²) in [6.07, 6.45) is 3.56.